The second-order valence-corrected chi connectivity index (χ2v) is 9.29. The molecule has 0 aliphatic carbocycles. The average molecular weight is 492 g/mol. The summed E-state index contributed by atoms with van der Waals surface area (Å²) in [5, 5.41) is 3.09. The van der Waals surface area contributed by atoms with Gasteiger partial charge in [0.2, 0.25) is 0 Å². The fraction of sp³-hybridized carbons (Fsp3) is 0.433. The molecule has 0 saturated carbocycles. The molecule has 1 unspecified atom stereocenters. The number of amides is 1. The van der Waals surface area contributed by atoms with Gasteiger partial charge in [0, 0.05) is 19.1 Å². The van der Waals surface area contributed by atoms with Gasteiger partial charge in [-0.15, -0.1) is 0 Å². The van der Waals surface area contributed by atoms with Gasteiger partial charge in [-0.05, 0) is 74.8 Å². The molecular weight excluding hydrogens is 450 g/mol. The van der Waals surface area contributed by atoms with Crippen molar-refractivity contribution in [3.05, 3.63) is 89.4 Å². The summed E-state index contributed by atoms with van der Waals surface area (Å²) in [6.07, 6.45) is 2.01. The van der Waals surface area contributed by atoms with Gasteiger partial charge in [-0.25, -0.2) is 0 Å². The van der Waals surface area contributed by atoms with E-state index in [4.69, 9.17) is 9.15 Å². The Kier molecular flexibility index (Phi) is 11.0. The van der Waals surface area contributed by atoms with Crippen LogP contribution in [0.2, 0.25) is 0 Å². The zero-order valence-corrected chi connectivity index (χ0v) is 22.2. The van der Waals surface area contributed by atoms with Crippen LogP contribution >= 0.6 is 0 Å². The molecule has 3 aromatic rings. The molecule has 6 nitrogen and oxygen atoms in total. The number of hydrogen-bond acceptors (Lipinski definition) is 5. The van der Waals surface area contributed by atoms with Crippen molar-refractivity contribution in [3.63, 3.8) is 0 Å². The van der Waals surface area contributed by atoms with Crippen molar-refractivity contribution >= 4 is 5.91 Å². The van der Waals surface area contributed by atoms with Gasteiger partial charge in [-0.2, -0.15) is 0 Å². The Morgan fingerprint density at radius 1 is 0.917 bits per heavy atom. The summed E-state index contributed by atoms with van der Waals surface area (Å²) < 4.78 is 11.4. The zero-order chi connectivity index (χ0) is 25.8. The van der Waals surface area contributed by atoms with Gasteiger partial charge < -0.3 is 19.4 Å². The monoisotopic (exact) mass is 491 g/mol. The SMILES string of the molecule is CCN(CC)CCCC(C)NC(=O)c1ccc(CN(Cc2ccccc2)Cc2cccc(OC)c2)o1. The van der Waals surface area contributed by atoms with Gasteiger partial charge in [0.25, 0.3) is 5.91 Å². The van der Waals surface area contributed by atoms with E-state index < -0.39 is 0 Å². The third-order valence-corrected chi connectivity index (χ3v) is 6.44. The molecule has 1 heterocycles. The van der Waals surface area contributed by atoms with Crippen molar-refractivity contribution in [2.24, 2.45) is 0 Å². The number of nitrogens with zero attached hydrogens (tertiary/aromatic N) is 2. The molecule has 0 bridgehead atoms. The van der Waals surface area contributed by atoms with Crippen LogP contribution < -0.4 is 10.1 Å². The number of carbonyl (C=O) groups excluding carboxylic acids is 1. The summed E-state index contributed by atoms with van der Waals surface area (Å²) in [6, 6.07) is 22.3. The highest BCUT2D eigenvalue weighted by atomic mass is 16.5. The Labute approximate surface area is 216 Å². The van der Waals surface area contributed by atoms with E-state index in [2.05, 4.69) is 72.3 Å². The van der Waals surface area contributed by atoms with Crippen molar-refractivity contribution in [3.8, 4) is 5.75 Å². The molecule has 194 valence electrons. The van der Waals surface area contributed by atoms with E-state index in [0.717, 1.165) is 62.6 Å². The van der Waals surface area contributed by atoms with Crippen molar-refractivity contribution in [1.82, 2.24) is 15.1 Å². The molecule has 0 radical (unpaired) electrons. The van der Waals surface area contributed by atoms with E-state index >= 15 is 0 Å². The van der Waals surface area contributed by atoms with Gasteiger partial charge in [0.15, 0.2) is 5.76 Å². The van der Waals surface area contributed by atoms with Crippen molar-refractivity contribution in [2.45, 2.75) is 59.3 Å². The zero-order valence-electron chi connectivity index (χ0n) is 22.2. The van der Waals surface area contributed by atoms with E-state index in [0.29, 0.717) is 12.3 Å². The maximum Gasteiger partial charge on any atom is 0.287 e. The standard InChI is InChI=1S/C30H41N3O3/c1-5-32(6-2)19-11-12-24(3)31-30(34)29-18-17-28(36-29)23-33(21-25-13-8-7-9-14-25)22-26-15-10-16-27(20-26)35-4/h7-10,13-18,20,24H,5-6,11-12,19,21-23H2,1-4H3,(H,31,34). The molecule has 0 fully saturated rings. The maximum absolute atomic E-state index is 12.8. The fourth-order valence-corrected chi connectivity index (χ4v) is 4.37. The van der Waals surface area contributed by atoms with E-state index in [1.54, 1.807) is 13.2 Å². The van der Waals surface area contributed by atoms with Crippen LogP contribution in [0.5, 0.6) is 5.75 Å². The minimum absolute atomic E-state index is 0.101. The first-order valence-electron chi connectivity index (χ1n) is 13.0. The summed E-state index contributed by atoms with van der Waals surface area (Å²) in [4.78, 5) is 17.5. The second kappa shape index (κ2) is 14.5. The Balaban J connectivity index is 1.60. The number of benzene rings is 2. The smallest absolute Gasteiger partial charge is 0.287 e. The highest BCUT2D eigenvalue weighted by Crippen LogP contribution is 2.19. The van der Waals surface area contributed by atoms with Crippen LogP contribution in [0.3, 0.4) is 0 Å². The minimum Gasteiger partial charge on any atom is -0.497 e. The topological polar surface area (TPSA) is 58.0 Å². The van der Waals surface area contributed by atoms with E-state index in [1.807, 2.05) is 24.3 Å². The van der Waals surface area contributed by atoms with Crippen LogP contribution in [0, 0.1) is 0 Å². The molecule has 0 aliphatic rings. The summed E-state index contributed by atoms with van der Waals surface area (Å²) in [6.45, 7) is 11.7. The van der Waals surface area contributed by atoms with Crippen molar-refractivity contribution in [1.29, 1.82) is 0 Å². The molecule has 1 amide bonds. The first-order chi connectivity index (χ1) is 17.5. The molecule has 1 N–H and O–H groups in total. The molecule has 36 heavy (non-hydrogen) atoms. The number of carbonyl (C=O) groups is 1. The lowest BCUT2D eigenvalue weighted by Gasteiger charge is -2.22. The first-order valence-corrected chi connectivity index (χ1v) is 13.0. The number of furan rings is 1. The van der Waals surface area contributed by atoms with Crippen LogP contribution in [-0.4, -0.2) is 48.5 Å². The third kappa shape index (κ3) is 8.85. The summed E-state index contributed by atoms with van der Waals surface area (Å²) >= 11 is 0. The Morgan fingerprint density at radius 3 is 2.36 bits per heavy atom. The molecule has 1 atom stereocenters. The molecule has 3 rings (SSSR count). The minimum atomic E-state index is -0.154. The summed E-state index contributed by atoms with van der Waals surface area (Å²) in [5.41, 5.74) is 2.39. The molecule has 6 heteroatoms. The van der Waals surface area contributed by atoms with Crippen molar-refractivity contribution in [2.75, 3.05) is 26.7 Å². The molecular formula is C30H41N3O3. The second-order valence-electron chi connectivity index (χ2n) is 9.29. The maximum atomic E-state index is 12.8. The van der Waals surface area contributed by atoms with Gasteiger partial charge in [-0.1, -0.05) is 56.3 Å². The molecule has 1 aromatic heterocycles. The lowest BCUT2D eigenvalue weighted by molar-refractivity contribution is 0.0904. The van der Waals surface area contributed by atoms with Crippen LogP contribution in [0.1, 0.15) is 61.1 Å². The summed E-state index contributed by atoms with van der Waals surface area (Å²) in [7, 11) is 1.68. The van der Waals surface area contributed by atoms with Crippen LogP contribution in [0.25, 0.3) is 0 Å². The molecule has 0 spiro atoms. The molecule has 0 aliphatic heterocycles. The summed E-state index contributed by atoms with van der Waals surface area (Å²) in [5.74, 6) is 1.82. The predicted octanol–water partition coefficient (Wildman–Crippen LogP) is 5.73. The van der Waals surface area contributed by atoms with E-state index in [1.165, 1.54) is 5.56 Å². The van der Waals surface area contributed by atoms with Gasteiger partial charge in [-0.3, -0.25) is 9.69 Å². The van der Waals surface area contributed by atoms with Gasteiger partial charge in [0.1, 0.15) is 11.5 Å². The van der Waals surface area contributed by atoms with Crippen LogP contribution in [0.4, 0.5) is 0 Å². The molecule has 2 aromatic carbocycles. The Hall–Kier alpha value is -3.09. The predicted molar refractivity (Wildman–Crippen MR) is 145 cm³/mol. The number of ether oxygens (including phenoxy) is 1. The van der Waals surface area contributed by atoms with Crippen LogP contribution in [0.15, 0.2) is 71.1 Å². The lowest BCUT2D eigenvalue weighted by Crippen LogP contribution is -2.33. The first kappa shape index (κ1) is 27.5. The fourth-order valence-electron chi connectivity index (χ4n) is 4.37. The van der Waals surface area contributed by atoms with Crippen molar-refractivity contribution < 1.29 is 13.9 Å². The average Bonchev–Trinajstić information content (AvgIpc) is 3.36. The number of nitrogens with one attached hydrogen (secondary N) is 1. The Morgan fingerprint density at radius 2 is 1.64 bits per heavy atom. The van der Waals surface area contributed by atoms with Gasteiger partial charge in [0.05, 0.1) is 13.7 Å². The highest BCUT2D eigenvalue weighted by molar-refractivity contribution is 5.91. The number of hydrogen-bond donors (Lipinski definition) is 1. The quantitative estimate of drug-likeness (QED) is 0.294. The number of methoxy groups -OCH3 is 1. The largest absolute Gasteiger partial charge is 0.497 e. The van der Waals surface area contributed by atoms with E-state index in [9.17, 15) is 4.79 Å². The third-order valence-electron chi connectivity index (χ3n) is 6.44. The van der Waals surface area contributed by atoms with Crippen LogP contribution in [-0.2, 0) is 19.6 Å². The van der Waals surface area contributed by atoms with Gasteiger partial charge >= 0.3 is 0 Å². The normalized spacial score (nSPS) is 12.2. The number of rotatable bonds is 15. The molecule has 0 saturated heterocycles. The lowest BCUT2D eigenvalue weighted by atomic mass is 10.1. The Bertz CT molecular complexity index is 1050. The van der Waals surface area contributed by atoms with E-state index in [-0.39, 0.29) is 11.9 Å². The highest BCUT2D eigenvalue weighted by Gasteiger charge is 2.16.